The molecule has 0 saturated heterocycles. The van der Waals surface area contributed by atoms with Gasteiger partial charge in [0.2, 0.25) is 0 Å². The quantitative estimate of drug-likeness (QED) is 0.872. The molecule has 2 atom stereocenters. The van der Waals surface area contributed by atoms with Crippen LogP contribution in [0, 0.1) is 5.41 Å². The van der Waals surface area contributed by atoms with E-state index in [0.29, 0.717) is 18.4 Å². The minimum atomic E-state index is -0.372. The summed E-state index contributed by atoms with van der Waals surface area (Å²) in [5.74, 6) is -0.227. The Hall–Kier alpha value is -1.61. The number of halogens is 1. The molecule has 3 rings (SSSR count). The van der Waals surface area contributed by atoms with Crippen LogP contribution in [0.5, 0.6) is 5.75 Å². The summed E-state index contributed by atoms with van der Waals surface area (Å²) in [5, 5.41) is 10.3. The average molecular weight is 333 g/mol. The molecular formula is C19H21ClO3. The number of rotatable bonds is 4. The van der Waals surface area contributed by atoms with Gasteiger partial charge in [0.05, 0.1) is 10.9 Å². The molecule has 2 aliphatic rings. The third-order valence-corrected chi connectivity index (χ3v) is 5.73. The maximum atomic E-state index is 12.5. The number of phenols is 1. The molecule has 0 fully saturated rings. The van der Waals surface area contributed by atoms with Gasteiger partial charge in [0, 0.05) is 11.8 Å². The third-order valence-electron chi connectivity index (χ3n) is 5.33. The second-order valence-electron chi connectivity index (χ2n) is 6.69. The summed E-state index contributed by atoms with van der Waals surface area (Å²) in [6.45, 7) is 3.71. The Morgan fingerprint density at radius 3 is 2.83 bits per heavy atom. The van der Waals surface area contributed by atoms with Crippen LogP contribution in [-0.4, -0.2) is 16.7 Å². The number of ketones is 2. The lowest BCUT2D eigenvalue weighted by atomic mass is 9.63. The van der Waals surface area contributed by atoms with Crippen molar-refractivity contribution in [2.75, 3.05) is 0 Å². The van der Waals surface area contributed by atoms with E-state index >= 15 is 0 Å². The minimum absolute atomic E-state index is 0.00659. The smallest absolute Gasteiger partial charge is 0.156 e. The fourth-order valence-corrected chi connectivity index (χ4v) is 4.64. The number of aromatic hydroxyl groups is 1. The van der Waals surface area contributed by atoms with Crippen molar-refractivity contribution in [1.29, 1.82) is 0 Å². The number of hydrogen-bond acceptors (Lipinski definition) is 3. The highest BCUT2D eigenvalue weighted by atomic mass is 35.5. The molecule has 2 aliphatic carbocycles. The Kier molecular flexibility index (Phi) is 4.09. The highest BCUT2D eigenvalue weighted by Gasteiger charge is 2.53. The molecule has 23 heavy (non-hydrogen) atoms. The summed E-state index contributed by atoms with van der Waals surface area (Å²) in [6.07, 6.45) is 5.73. The second kappa shape index (κ2) is 5.79. The Balaban J connectivity index is 2.28. The lowest BCUT2D eigenvalue weighted by Gasteiger charge is -2.38. The molecule has 0 heterocycles. The maximum absolute atomic E-state index is 12.5. The van der Waals surface area contributed by atoms with Gasteiger partial charge in [-0.25, -0.2) is 0 Å². The Morgan fingerprint density at radius 1 is 1.43 bits per heavy atom. The molecule has 1 aromatic rings. The van der Waals surface area contributed by atoms with Gasteiger partial charge in [-0.2, -0.15) is 0 Å². The number of Topliss-reactive ketones (excluding diaryl/α,β-unsaturated/α-hetero) is 1. The average Bonchev–Trinajstić information content (AvgIpc) is 2.80. The summed E-state index contributed by atoms with van der Waals surface area (Å²) < 4.78 is 0. The van der Waals surface area contributed by atoms with E-state index < -0.39 is 0 Å². The van der Waals surface area contributed by atoms with E-state index in [2.05, 4.69) is 6.92 Å². The van der Waals surface area contributed by atoms with Crippen LogP contribution in [-0.2, 0) is 9.59 Å². The predicted octanol–water partition coefficient (Wildman–Crippen LogP) is 4.65. The molecule has 0 saturated carbocycles. The van der Waals surface area contributed by atoms with Crippen molar-refractivity contribution < 1.29 is 14.7 Å². The fraction of sp³-hybridized carbons (Fsp3) is 0.474. The van der Waals surface area contributed by atoms with Crippen LogP contribution in [0.15, 0.2) is 18.2 Å². The van der Waals surface area contributed by atoms with E-state index in [0.717, 1.165) is 30.4 Å². The molecule has 122 valence electrons. The zero-order valence-corrected chi connectivity index (χ0v) is 14.2. The number of phenolic OH excluding ortho intramolecular Hbond substituents is 1. The van der Waals surface area contributed by atoms with Crippen LogP contribution in [0.1, 0.15) is 63.0 Å². The van der Waals surface area contributed by atoms with Crippen LogP contribution in [0.25, 0.3) is 5.57 Å². The van der Waals surface area contributed by atoms with Gasteiger partial charge in [0.15, 0.2) is 5.78 Å². The summed E-state index contributed by atoms with van der Waals surface area (Å²) in [4.78, 5) is 24.5. The first kappa shape index (κ1) is 16.3. The highest BCUT2D eigenvalue weighted by molar-refractivity contribution is 6.33. The molecule has 3 nitrogen and oxygen atoms in total. The first-order valence-corrected chi connectivity index (χ1v) is 8.57. The first-order valence-electron chi connectivity index (χ1n) is 8.19. The molecule has 0 spiro atoms. The van der Waals surface area contributed by atoms with Crippen molar-refractivity contribution in [2.45, 2.75) is 51.9 Å². The van der Waals surface area contributed by atoms with Gasteiger partial charge in [0.1, 0.15) is 11.5 Å². The van der Waals surface area contributed by atoms with Crippen LogP contribution in [0.2, 0.25) is 5.02 Å². The fourth-order valence-electron chi connectivity index (χ4n) is 4.37. The van der Waals surface area contributed by atoms with Gasteiger partial charge in [-0.3, -0.25) is 9.59 Å². The predicted molar refractivity (Wildman–Crippen MR) is 90.7 cm³/mol. The van der Waals surface area contributed by atoms with Crippen molar-refractivity contribution in [3.63, 3.8) is 0 Å². The van der Waals surface area contributed by atoms with Crippen LogP contribution in [0.3, 0.4) is 0 Å². The first-order chi connectivity index (χ1) is 10.9. The number of carbonyl (C=O) groups is 2. The molecule has 4 heteroatoms. The summed E-state index contributed by atoms with van der Waals surface area (Å²) in [7, 11) is 0. The number of hydrogen-bond donors (Lipinski definition) is 1. The lowest BCUT2D eigenvalue weighted by molar-refractivity contribution is -0.122. The molecule has 0 bridgehead atoms. The van der Waals surface area contributed by atoms with E-state index in [1.807, 2.05) is 0 Å². The second-order valence-corrected chi connectivity index (χ2v) is 7.07. The molecule has 1 aromatic carbocycles. The van der Waals surface area contributed by atoms with Crippen molar-refractivity contribution in [1.82, 2.24) is 0 Å². The number of carbonyl (C=O) groups excluding carboxylic acids is 2. The number of unbranched alkanes of at least 4 members (excludes halogenated alkanes) is 1. The van der Waals surface area contributed by atoms with E-state index in [1.165, 1.54) is 0 Å². The minimum Gasteiger partial charge on any atom is -0.506 e. The molecule has 0 aliphatic heterocycles. The van der Waals surface area contributed by atoms with Gasteiger partial charge >= 0.3 is 0 Å². The molecule has 0 amide bonds. The van der Waals surface area contributed by atoms with E-state index in [4.69, 9.17) is 11.6 Å². The number of fused-ring (bicyclic) bond motifs is 3. The van der Waals surface area contributed by atoms with Crippen molar-refractivity contribution >= 4 is 28.7 Å². The highest BCUT2D eigenvalue weighted by Crippen LogP contribution is 2.63. The molecule has 0 aromatic heterocycles. The van der Waals surface area contributed by atoms with Crippen LogP contribution in [0.4, 0.5) is 0 Å². The zero-order chi connectivity index (χ0) is 16.8. The van der Waals surface area contributed by atoms with Crippen LogP contribution < -0.4 is 0 Å². The van der Waals surface area contributed by atoms with Crippen molar-refractivity contribution in [3.05, 3.63) is 34.4 Å². The summed E-state index contributed by atoms with van der Waals surface area (Å²) in [6, 6.07) is 3.35. The van der Waals surface area contributed by atoms with Crippen molar-refractivity contribution in [2.24, 2.45) is 5.41 Å². The standard InChI is InChI=1S/C19H21ClO3/c1-3-4-8-19-9-7-12(22)10-14(19)13-5-6-15(23)18(20)16(13)17(19)11(2)21/h5-6,10,17,23H,3-4,7-9H2,1-2H3. The monoisotopic (exact) mass is 332 g/mol. The normalized spacial score (nSPS) is 25.8. The van der Waals surface area contributed by atoms with Gasteiger partial charge in [-0.1, -0.05) is 37.4 Å². The maximum Gasteiger partial charge on any atom is 0.156 e. The van der Waals surface area contributed by atoms with Crippen molar-refractivity contribution in [3.8, 4) is 5.75 Å². The number of benzene rings is 1. The topological polar surface area (TPSA) is 54.4 Å². The largest absolute Gasteiger partial charge is 0.506 e. The van der Waals surface area contributed by atoms with Gasteiger partial charge < -0.3 is 5.11 Å². The third kappa shape index (κ3) is 2.33. The Bertz CT molecular complexity index is 720. The van der Waals surface area contributed by atoms with E-state index in [1.54, 1.807) is 25.1 Å². The van der Waals surface area contributed by atoms with E-state index in [-0.39, 0.29) is 33.7 Å². The van der Waals surface area contributed by atoms with Gasteiger partial charge in [-0.15, -0.1) is 0 Å². The Morgan fingerprint density at radius 2 is 2.17 bits per heavy atom. The SMILES string of the molecule is CCCCC12CCC(=O)C=C1c1ccc(O)c(Cl)c1C2C(C)=O. The zero-order valence-electron chi connectivity index (χ0n) is 13.5. The Labute approximate surface area is 141 Å². The van der Waals surface area contributed by atoms with Gasteiger partial charge in [0.25, 0.3) is 0 Å². The summed E-state index contributed by atoms with van der Waals surface area (Å²) >= 11 is 6.36. The molecule has 2 unspecified atom stereocenters. The lowest BCUT2D eigenvalue weighted by Crippen LogP contribution is -2.33. The van der Waals surface area contributed by atoms with Gasteiger partial charge in [-0.05, 0) is 48.6 Å². The van der Waals surface area contributed by atoms with E-state index in [9.17, 15) is 14.7 Å². The molecule has 1 N–H and O–H groups in total. The van der Waals surface area contributed by atoms with Crippen LogP contribution >= 0.6 is 11.6 Å². The molecule has 0 radical (unpaired) electrons. The summed E-state index contributed by atoms with van der Waals surface area (Å²) in [5.41, 5.74) is 2.16. The molecular weight excluding hydrogens is 312 g/mol. The number of allylic oxidation sites excluding steroid dienone is 2.